The molecule has 0 unspecified atom stereocenters. The van der Waals surface area contributed by atoms with E-state index in [0.29, 0.717) is 22.3 Å². The number of hydrogen-bond acceptors (Lipinski definition) is 3. The highest BCUT2D eigenvalue weighted by Gasteiger charge is 2.15. The van der Waals surface area contributed by atoms with Gasteiger partial charge < -0.3 is 10.1 Å². The van der Waals surface area contributed by atoms with Crippen molar-refractivity contribution in [1.82, 2.24) is 5.32 Å². The zero-order valence-corrected chi connectivity index (χ0v) is 16.0. The zero-order valence-electron chi connectivity index (χ0n) is 14.4. The fraction of sp³-hybridized carbons (Fsp3) is 0.263. The van der Waals surface area contributed by atoms with Crippen LogP contribution < -0.4 is 15.4 Å². The average Bonchev–Trinajstić information content (AvgIpc) is 2.61. The van der Waals surface area contributed by atoms with Gasteiger partial charge in [0, 0.05) is 10.7 Å². The van der Waals surface area contributed by atoms with E-state index in [9.17, 15) is 4.79 Å². The van der Waals surface area contributed by atoms with Gasteiger partial charge in [-0.15, -0.1) is 0 Å². The van der Waals surface area contributed by atoms with E-state index in [-0.39, 0.29) is 11.0 Å². The molecule has 25 heavy (non-hydrogen) atoms. The van der Waals surface area contributed by atoms with E-state index in [1.54, 1.807) is 18.2 Å². The number of halogens is 1. The summed E-state index contributed by atoms with van der Waals surface area (Å²) in [6.45, 7) is 4.28. The molecule has 4 nitrogen and oxygen atoms in total. The molecule has 0 saturated heterocycles. The number of rotatable bonds is 5. The molecular weight excluding hydrogens is 356 g/mol. The number of carbonyl (C=O) groups is 1. The van der Waals surface area contributed by atoms with Gasteiger partial charge in [-0.25, -0.2) is 0 Å². The Bertz CT molecular complexity index is 780. The molecule has 0 heterocycles. The van der Waals surface area contributed by atoms with Crippen molar-refractivity contribution in [3.05, 3.63) is 58.6 Å². The number of hydrogen-bond donors (Lipinski definition) is 2. The van der Waals surface area contributed by atoms with Crippen molar-refractivity contribution in [2.24, 2.45) is 0 Å². The molecule has 0 fully saturated rings. The first-order valence-corrected chi connectivity index (χ1v) is 8.79. The quantitative estimate of drug-likeness (QED) is 0.722. The van der Waals surface area contributed by atoms with Gasteiger partial charge in [0.25, 0.3) is 5.91 Å². The van der Waals surface area contributed by atoms with Crippen molar-refractivity contribution >= 4 is 40.5 Å². The van der Waals surface area contributed by atoms with Crippen LogP contribution in [0, 0.1) is 0 Å². The molecule has 1 atom stereocenters. The molecule has 132 valence electrons. The Labute approximate surface area is 158 Å². The van der Waals surface area contributed by atoms with Crippen molar-refractivity contribution in [3.63, 3.8) is 0 Å². The van der Waals surface area contributed by atoms with E-state index >= 15 is 0 Å². The number of methoxy groups -OCH3 is 1. The van der Waals surface area contributed by atoms with E-state index in [1.807, 2.05) is 18.2 Å². The number of ether oxygens (including phenoxy) is 1. The summed E-state index contributed by atoms with van der Waals surface area (Å²) in [5.74, 6) is 0.442. The topological polar surface area (TPSA) is 50.4 Å². The highest BCUT2D eigenvalue weighted by Crippen LogP contribution is 2.26. The fourth-order valence-corrected chi connectivity index (χ4v) is 2.82. The Morgan fingerprint density at radius 2 is 2.00 bits per heavy atom. The van der Waals surface area contributed by atoms with Crippen LogP contribution in [-0.2, 0) is 0 Å². The minimum atomic E-state index is -0.377. The highest BCUT2D eigenvalue weighted by molar-refractivity contribution is 7.80. The number of thiocarbonyl (C=S) groups is 1. The van der Waals surface area contributed by atoms with Crippen molar-refractivity contribution in [3.8, 4) is 5.75 Å². The molecule has 1 amide bonds. The number of anilines is 1. The lowest BCUT2D eigenvalue weighted by atomic mass is 9.97. The lowest BCUT2D eigenvalue weighted by molar-refractivity contribution is 0.0975. The lowest BCUT2D eigenvalue weighted by Crippen LogP contribution is -2.34. The second kappa shape index (κ2) is 8.83. The minimum Gasteiger partial charge on any atom is -0.496 e. The Balaban J connectivity index is 2.14. The van der Waals surface area contributed by atoms with Crippen molar-refractivity contribution in [2.45, 2.75) is 26.2 Å². The summed E-state index contributed by atoms with van der Waals surface area (Å²) >= 11 is 11.3. The number of amides is 1. The predicted molar refractivity (Wildman–Crippen MR) is 107 cm³/mol. The van der Waals surface area contributed by atoms with Crippen molar-refractivity contribution in [1.29, 1.82) is 0 Å². The van der Waals surface area contributed by atoms with Crippen LogP contribution in [0.15, 0.2) is 42.5 Å². The molecule has 2 N–H and O–H groups in total. The molecule has 6 heteroatoms. The molecule has 0 bridgehead atoms. The normalized spacial score (nSPS) is 11.5. The van der Waals surface area contributed by atoms with Gasteiger partial charge in [0.1, 0.15) is 5.75 Å². The van der Waals surface area contributed by atoms with Crippen LogP contribution in [0.1, 0.15) is 42.1 Å². The third-order valence-corrected chi connectivity index (χ3v) is 4.42. The van der Waals surface area contributed by atoms with Crippen LogP contribution in [0.3, 0.4) is 0 Å². The van der Waals surface area contributed by atoms with Gasteiger partial charge in [0.15, 0.2) is 5.11 Å². The molecule has 0 saturated carbocycles. The Morgan fingerprint density at radius 3 is 2.68 bits per heavy atom. The minimum absolute atomic E-state index is 0.225. The summed E-state index contributed by atoms with van der Waals surface area (Å²) in [6.07, 6.45) is 1.01. The van der Waals surface area contributed by atoms with Crippen LogP contribution in [0.5, 0.6) is 5.75 Å². The van der Waals surface area contributed by atoms with Crippen LogP contribution in [0.2, 0.25) is 5.02 Å². The molecule has 0 aliphatic heterocycles. The summed E-state index contributed by atoms with van der Waals surface area (Å²) in [5.41, 5.74) is 2.37. The standard InChI is InChI=1S/C19H21ClN2O2S/c1-4-12(2)14-7-5-6-8-16(14)21-19(25)22-18(23)15-11-13(20)9-10-17(15)24-3/h5-12H,4H2,1-3H3,(H2,21,22,23,25)/t12-/m0/s1. The summed E-state index contributed by atoms with van der Waals surface area (Å²) < 4.78 is 5.20. The van der Waals surface area contributed by atoms with Crippen LogP contribution in [-0.4, -0.2) is 18.1 Å². The average molecular weight is 377 g/mol. The zero-order chi connectivity index (χ0) is 18.4. The smallest absolute Gasteiger partial charge is 0.261 e. The molecule has 2 aromatic carbocycles. The first-order chi connectivity index (χ1) is 12.0. The van der Waals surface area contributed by atoms with Gasteiger partial charge in [-0.05, 0) is 54.4 Å². The van der Waals surface area contributed by atoms with Gasteiger partial charge in [-0.2, -0.15) is 0 Å². The maximum atomic E-state index is 12.5. The van der Waals surface area contributed by atoms with Gasteiger partial charge in [-0.3, -0.25) is 10.1 Å². The first kappa shape index (κ1) is 19.2. The van der Waals surface area contributed by atoms with E-state index in [2.05, 4.69) is 30.5 Å². The second-order valence-electron chi connectivity index (χ2n) is 5.65. The predicted octanol–water partition coefficient (Wildman–Crippen LogP) is 4.99. The van der Waals surface area contributed by atoms with Gasteiger partial charge in [0.05, 0.1) is 12.7 Å². The summed E-state index contributed by atoms with van der Waals surface area (Å²) in [6, 6.07) is 12.8. The molecular formula is C19H21ClN2O2S. The van der Waals surface area contributed by atoms with Gasteiger partial charge in [0.2, 0.25) is 0 Å². The van der Waals surface area contributed by atoms with Crippen LogP contribution in [0.25, 0.3) is 0 Å². The third kappa shape index (κ3) is 4.94. The third-order valence-electron chi connectivity index (χ3n) is 3.99. The van der Waals surface area contributed by atoms with Crippen LogP contribution >= 0.6 is 23.8 Å². The maximum absolute atomic E-state index is 12.5. The first-order valence-electron chi connectivity index (χ1n) is 8.01. The number of carbonyl (C=O) groups excluding carboxylic acids is 1. The number of benzene rings is 2. The Morgan fingerprint density at radius 1 is 1.28 bits per heavy atom. The SMILES string of the molecule is CC[C@H](C)c1ccccc1NC(=S)NC(=O)c1cc(Cl)ccc1OC. The summed E-state index contributed by atoms with van der Waals surface area (Å²) in [7, 11) is 1.50. The van der Waals surface area contributed by atoms with Crippen molar-refractivity contribution in [2.75, 3.05) is 12.4 Å². The van der Waals surface area contributed by atoms with Gasteiger partial charge >= 0.3 is 0 Å². The summed E-state index contributed by atoms with van der Waals surface area (Å²) in [5, 5.41) is 6.45. The van der Waals surface area contributed by atoms with Gasteiger partial charge in [-0.1, -0.05) is 43.6 Å². The fourth-order valence-electron chi connectivity index (χ4n) is 2.44. The molecule has 0 aliphatic rings. The van der Waals surface area contributed by atoms with Crippen molar-refractivity contribution < 1.29 is 9.53 Å². The number of nitrogens with one attached hydrogen (secondary N) is 2. The van der Waals surface area contributed by atoms with E-state index in [1.165, 1.54) is 7.11 Å². The largest absolute Gasteiger partial charge is 0.496 e. The van der Waals surface area contributed by atoms with E-state index < -0.39 is 0 Å². The molecule has 2 rings (SSSR count). The molecule has 2 aromatic rings. The van der Waals surface area contributed by atoms with E-state index in [4.69, 9.17) is 28.6 Å². The second-order valence-corrected chi connectivity index (χ2v) is 6.49. The maximum Gasteiger partial charge on any atom is 0.261 e. The number of para-hydroxylation sites is 1. The Kier molecular flexibility index (Phi) is 6.79. The Hall–Kier alpha value is -2.11. The molecule has 0 radical (unpaired) electrons. The summed E-state index contributed by atoms with van der Waals surface area (Å²) in [4.78, 5) is 12.5. The van der Waals surface area contributed by atoms with Crippen LogP contribution in [0.4, 0.5) is 5.69 Å². The van der Waals surface area contributed by atoms with E-state index in [0.717, 1.165) is 17.7 Å². The lowest BCUT2D eigenvalue weighted by Gasteiger charge is -2.17. The monoisotopic (exact) mass is 376 g/mol. The molecule has 0 spiro atoms. The molecule has 0 aromatic heterocycles. The highest BCUT2D eigenvalue weighted by atomic mass is 35.5. The molecule has 0 aliphatic carbocycles.